The molecule has 158 valence electrons. The van der Waals surface area contributed by atoms with Crippen molar-refractivity contribution in [1.29, 1.82) is 0 Å². The van der Waals surface area contributed by atoms with Crippen molar-refractivity contribution in [3.05, 3.63) is 65.2 Å². The van der Waals surface area contributed by atoms with Crippen LogP contribution in [0.4, 0.5) is 5.69 Å². The molecule has 1 aliphatic carbocycles. The third kappa shape index (κ3) is 7.47. The Labute approximate surface area is 188 Å². The monoisotopic (exact) mass is 442 g/mol. The molecule has 0 unspecified atom stereocenters. The molecular weight excluding hydrogens is 416 g/mol. The molecule has 2 aromatic carbocycles. The molecule has 1 fully saturated rings. The smallest absolute Gasteiger partial charge is 0.250 e. The fourth-order valence-electron chi connectivity index (χ4n) is 3.55. The van der Waals surface area contributed by atoms with Gasteiger partial charge in [0.15, 0.2) is 5.11 Å². The summed E-state index contributed by atoms with van der Waals surface area (Å²) in [6, 6.07) is 14.9. The Morgan fingerprint density at radius 3 is 2.57 bits per heavy atom. The van der Waals surface area contributed by atoms with Crippen molar-refractivity contribution in [2.24, 2.45) is 5.92 Å². The van der Waals surface area contributed by atoms with Crippen LogP contribution in [-0.4, -0.2) is 17.6 Å². The van der Waals surface area contributed by atoms with Gasteiger partial charge in [0.2, 0.25) is 5.91 Å². The lowest BCUT2D eigenvalue weighted by Gasteiger charge is -2.21. The summed E-state index contributed by atoms with van der Waals surface area (Å²) in [4.78, 5) is 12.0. The number of rotatable bonds is 7. The summed E-state index contributed by atoms with van der Waals surface area (Å²) < 4.78 is 5.87. The van der Waals surface area contributed by atoms with E-state index in [9.17, 15) is 4.79 Å². The van der Waals surface area contributed by atoms with Gasteiger partial charge in [-0.15, -0.1) is 0 Å². The molecule has 1 amide bonds. The van der Waals surface area contributed by atoms with Crippen LogP contribution in [0.5, 0.6) is 5.75 Å². The molecule has 0 atom stereocenters. The average Bonchev–Trinajstić information content (AvgIpc) is 2.75. The Bertz CT molecular complexity index is 877. The van der Waals surface area contributed by atoms with E-state index in [1.54, 1.807) is 12.1 Å². The van der Waals surface area contributed by atoms with Gasteiger partial charge < -0.3 is 10.1 Å². The summed E-state index contributed by atoms with van der Waals surface area (Å²) in [5.74, 6) is 1.33. The van der Waals surface area contributed by atoms with E-state index in [1.807, 2.05) is 42.5 Å². The van der Waals surface area contributed by atoms with Crippen LogP contribution in [0.15, 0.2) is 54.6 Å². The van der Waals surface area contributed by atoms with Crippen LogP contribution in [0.3, 0.4) is 0 Å². The van der Waals surface area contributed by atoms with Crippen molar-refractivity contribution in [3.63, 3.8) is 0 Å². The summed E-state index contributed by atoms with van der Waals surface area (Å²) in [7, 11) is 0. The molecule has 1 aliphatic rings. The molecule has 0 aliphatic heterocycles. The first-order valence-corrected chi connectivity index (χ1v) is 11.2. The third-order valence-corrected chi connectivity index (χ3v) is 5.74. The molecule has 4 nitrogen and oxygen atoms in total. The van der Waals surface area contributed by atoms with Crippen LogP contribution in [0, 0.1) is 5.92 Å². The molecule has 0 heterocycles. The highest BCUT2D eigenvalue weighted by Crippen LogP contribution is 2.26. The lowest BCUT2D eigenvalue weighted by atomic mass is 9.87. The van der Waals surface area contributed by atoms with Crippen LogP contribution in [0.2, 0.25) is 5.02 Å². The van der Waals surface area contributed by atoms with Crippen LogP contribution >= 0.6 is 23.8 Å². The molecule has 0 radical (unpaired) electrons. The highest BCUT2D eigenvalue weighted by Gasteiger charge is 2.13. The Balaban J connectivity index is 1.40. The van der Waals surface area contributed by atoms with Gasteiger partial charge in [-0.25, -0.2) is 0 Å². The quantitative estimate of drug-likeness (QED) is 0.395. The first-order valence-electron chi connectivity index (χ1n) is 10.4. The molecular formula is C24H27ClN2O2S. The number of carbonyl (C=O) groups is 1. The number of benzene rings is 2. The van der Waals surface area contributed by atoms with E-state index in [2.05, 4.69) is 10.6 Å². The first kappa shape index (κ1) is 22.3. The predicted octanol–water partition coefficient (Wildman–Crippen LogP) is 6.22. The number of ether oxygens (including phenoxy) is 1. The van der Waals surface area contributed by atoms with Crippen molar-refractivity contribution in [3.8, 4) is 5.75 Å². The fraction of sp³-hybridized carbons (Fsp3) is 0.333. The Kier molecular flexibility index (Phi) is 8.72. The zero-order chi connectivity index (χ0) is 21.2. The number of carbonyl (C=O) groups excluding carboxylic acids is 1. The van der Waals surface area contributed by atoms with Crippen LogP contribution in [-0.2, 0) is 4.79 Å². The van der Waals surface area contributed by atoms with Gasteiger partial charge in [-0.2, -0.15) is 0 Å². The second kappa shape index (κ2) is 11.7. The number of nitrogens with one attached hydrogen (secondary N) is 2. The summed E-state index contributed by atoms with van der Waals surface area (Å²) in [6.45, 7) is 0.754. The topological polar surface area (TPSA) is 50.4 Å². The minimum absolute atomic E-state index is 0.231. The van der Waals surface area contributed by atoms with E-state index in [-0.39, 0.29) is 11.0 Å². The number of anilines is 1. The standard InChI is InChI=1S/C24H27ClN2O2S/c25-22-9-5-4-8-19(22)10-15-23(28)27-24(30)26-20-11-13-21(14-12-20)29-17-16-18-6-2-1-3-7-18/h4-5,8-15,18H,1-3,6-7,16-17H2,(H2,26,27,28,30)/b15-10+. The largest absolute Gasteiger partial charge is 0.494 e. The summed E-state index contributed by atoms with van der Waals surface area (Å²) in [6.07, 6.45) is 10.9. The second-order valence-electron chi connectivity index (χ2n) is 7.46. The summed E-state index contributed by atoms with van der Waals surface area (Å²) in [5.41, 5.74) is 1.56. The molecule has 1 saturated carbocycles. The van der Waals surface area contributed by atoms with Gasteiger partial charge in [0.1, 0.15) is 5.75 Å². The van der Waals surface area contributed by atoms with Crippen molar-refractivity contribution < 1.29 is 9.53 Å². The molecule has 6 heteroatoms. The molecule has 0 aromatic heterocycles. The third-order valence-electron chi connectivity index (χ3n) is 5.19. The van der Waals surface area contributed by atoms with E-state index in [0.29, 0.717) is 5.02 Å². The number of thiocarbonyl (C=S) groups is 1. The highest BCUT2D eigenvalue weighted by molar-refractivity contribution is 7.80. The van der Waals surface area contributed by atoms with Crippen LogP contribution < -0.4 is 15.4 Å². The average molecular weight is 443 g/mol. The molecule has 3 rings (SSSR count). The Morgan fingerprint density at radius 1 is 1.10 bits per heavy atom. The number of amides is 1. The lowest BCUT2D eigenvalue weighted by Crippen LogP contribution is -2.32. The maximum atomic E-state index is 12.0. The number of hydrogen-bond acceptors (Lipinski definition) is 3. The van der Waals surface area contributed by atoms with Gasteiger partial charge in [-0.05, 0) is 66.5 Å². The Morgan fingerprint density at radius 2 is 1.83 bits per heavy atom. The Hall–Kier alpha value is -2.37. The molecule has 0 spiro atoms. The second-order valence-corrected chi connectivity index (χ2v) is 8.28. The van der Waals surface area contributed by atoms with Crippen molar-refractivity contribution in [2.75, 3.05) is 11.9 Å². The van der Waals surface area contributed by atoms with E-state index in [0.717, 1.165) is 35.9 Å². The minimum atomic E-state index is -0.324. The van der Waals surface area contributed by atoms with Crippen LogP contribution in [0.1, 0.15) is 44.1 Å². The molecule has 2 N–H and O–H groups in total. The van der Waals surface area contributed by atoms with E-state index in [1.165, 1.54) is 38.2 Å². The molecule has 0 saturated heterocycles. The summed E-state index contributed by atoms with van der Waals surface area (Å²) >= 11 is 11.3. The minimum Gasteiger partial charge on any atom is -0.494 e. The normalized spacial score (nSPS) is 14.4. The summed E-state index contributed by atoms with van der Waals surface area (Å²) in [5, 5.41) is 6.44. The molecule has 0 bridgehead atoms. The maximum absolute atomic E-state index is 12.0. The highest BCUT2D eigenvalue weighted by atomic mass is 35.5. The zero-order valence-electron chi connectivity index (χ0n) is 16.9. The van der Waals surface area contributed by atoms with Gasteiger partial charge in [-0.1, -0.05) is 61.9 Å². The van der Waals surface area contributed by atoms with Gasteiger partial charge in [0, 0.05) is 16.8 Å². The van der Waals surface area contributed by atoms with Crippen molar-refractivity contribution >= 4 is 46.6 Å². The number of halogens is 1. The van der Waals surface area contributed by atoms with Gasteiger partial charge in [-0.3, -0.25) is 10.1 Å². The van der Waals surface area contributed by atoms with Gasteiger partial charge >= 0.3 is 0 Å². The van der Waals surface area contributed by atoms with Crippen LogP contribution in [0.25, 0.3) is 6.08 Å². The first-order chi connectivity index (χ1) is 14.6. The predicted molar refractivity (Wildman–Crippen MR) is 128 cm³/mol. The van der Waals surface area contributed by atoms with Crippen molar-refractivity contribution in [1.82, 2.24) is 5.32 Å². The van der Waals surface area contributed by atoms with E-state index >= 15 is 0 Å². The zero-order valence-corrected chi connectivity index (χ0v) is 18.5. The van der Waals surface area contributed by atoms with E-state index in [4.69, 9.17) is 28.6 Å². The van der Waals surface area contributed by atoms with Gasteiger partial charge in [0.25, 0.3) is 0 Å². The maximum Gasteiger partial charge on any atom is 0.250 e. The SMILES string of the molecule is O=C(/C=C/c1ccccc1Cl)NC(=S)Nc1ccc(OCCC2CCCCC2)cc1. The number of hydrogen-bond donors (Lipinski definition) is 2. The van der Waals surface area contributed by atoms with E-state index < -0.39 is 0 Å². The molecule has 2 aromatic rings. The van der Waals surface area contributed by atoms with Gasteiger partial charge in [0.05, 0.1) is 6.61 Å². The molecule has 30 heavy (non-hydrogen) atoms. The van der Waals surface area contributed by atoms with Crippen molar-refractivity contribution in [2.45, 2.75) is 38.5 Å². The lowest BCUT2D eigenvalue weighted by molar-refractivity contribution is -0.115. The fourth-order valence-corrected chi connectivity index (χ4v) is 3.96.